The average molecular weight is 541 g/mol. The summed E-state index contributed by atoms with van der Waals surface area (Å²) in [7, 11) is -3.87. The molecule has 1 unspecified atom stereocenters. The second kappa shape index (κ2) is 8.31. The number of rotatable bonds is 8. The number of nitrogens with one attached hydrogen (secondary N) is 2. The summed E-state index contributed by atoms with van der Waals surface area (Å²) >= 11 is 8.22. The lowest BCUT2D eigenvalue weighted by atomic mass is 10.2. The van der Waals surface area contributed by atoms with Gasteiger partial charge in [-0.05, 0) is 72.2 Å². The van der Waals surface area contributed by atoms with Crippen LogP contribution in [0.5, 0.6) is 0 Å². The zero-order chi connectivity index (χ0) is 20.5. The largest absolute Gasteiger partial charge is 0.394 e. The molecule has 1 fully saturated rings. The van der Waals surface area contributed by atoms with Crippen LogP contribution in [-0.4, -0.2) is 36.1 Å². The van der Waals surface area contributed by atoms with Crippen LogP contribution in [0.25, 0.3) is 0 Å². The standard InChI is InChI=1S/C18H19ClFIN2O4S/c19-13-2-1-3-16(17(13)22-15-5-4-11(21)8-14(15)20)23-28(26,27)18(6-7-18)9-12(25)10-24/h1-5,8,12,22-25H,6-7,9-10H2. The van der Waals surface area contributed by atoms with Gasteiger partial charge >= 0.3 is 0 Å². The fourth-order valence-electron chi connectivity index (χ4n) is 2.93. The quantitative estimate of drug-likeness (QED) is 0.382. The van der Waals surface area contributed by atoms with Crippen LogP contribution in [0, 0.1) is 9.39 Å². The Bertz CT molecular complexity index is 986. The van der Waals surface area contributed by atoms with Gasteiger partial charge in [-0.25, -0.2) is 12.8 Å². The molecule has 0 aromatic heterocycles. The topological polar surface area (TPSA) is 98.7 Å². The number of sulfonamides is 1. The van der Waals surface area contributed by atoms with Crippen molar-refractivity contribution >= 4 is 61.3 Å². The molecule has 1 saturated carbocycles. The van der Waals surface area contributed by atoms with Crippen molar-refractivity contribution in [3.8, 4) is 0 Å². The maximum Gasteiger partial charge on any atom is 0.238 e. The Morgan fingerprint density at radius 3 is 2.57 bits per heavy atom. The van der Waals surface area contributed by atoms with E-state index in [0.29, 0.717) is 12.8 Å². The highest BCUT2D eigenvalue weighted by atomic mass is 127. The first kappa shape index (κ1) is 21.6. The zero-order valence-electron chi connectivity index (χ0n) is 14.6. The van der Waals surface area contributed by atoms with Gasteiger partial charge < -0.3 is 15.5 Å². The molecule has 1 aliphatic rings. The molecule has 10 heteroatoms. The number of hydrogen-bond donors (Lipinski definition) is 4. The zero-order valence-corrected chi connectivity index (χ0v) is 18.4. The summed E-state index contributed by atoms with van der Waals surface area (Å²) in [6.07, 6.45) is -0.409. The van der Waals surface area contributed by atoms with Gasteiger partial charge in [-0.1, -0.05) is 17.7 Å². The smallest absolute Gasteiger partial charge is 0.238 e. The summed E-state index contributed by atoms with van der Waals surface area (Å²) in [6, 6.07) is 9.27. The van der Waals surface area contributed by atoms with E-state index in [9.17, 15) is 17.9 Å². The first-order valence-electron chi connectivity index (χ1n) is 8.49. The highest BCUT2D eigenvalue weighted by Gasteiger charge is 2.55. The second-order valence-electron chi connectivity index (χ2n) is 6.74. The van der Waals surface area contributed by atoms with E-state index in [0.717, 1.165) is 3.57 Å². The minimum absolute atomic E-state index is 0.0616. The number of halogens is 3. The molecule has 0 spiro atoms. The van der Waals surface area contributed by atoms with E-state index in [-0.39, 0.29) is 28.5 Å². The molecule has 0 aliphatic heterocycles. The van der Waals surface area contributed by atoms with Gasteiger partial charge in [0.15, 0.2) is 0 Å². The average Bonchev–Trinajstić information content (AvgIpc) is 3.40. The van der Waals surface area contributed by atoms with Crippen LogP contribution in [0.3, 0.4) is 0 Å². The number of anilines is 3. The summed E-state index contributed by atoms with van der Waals surface area (Å²) in [5.74, 6) is -0.495. The van der Waals surface area contributed by atoms with Crippen molar-refractivity contribution in [1.29, 1.82) is 0 Å². The summed E-state index contributed by atoms with van der Waals surface area (Å²) in [5.41, 5.74) is 0.562. The summed E-state index contributed by atoms with van der Waals surface area (Å²) in [6.45, 7) is -0.507. The molecule has 0 heterocycles. The van der Waals surface area contributed by atoms with Crippen molar-refractivity contribution < 1.29 is 23.0 Å². The third-order valence-electron chi connectivity index (χ3n) is 4.64. The molecule has 4 N–H and O–H groups in total. The Morgan fingerprint density at radius 2 is 1.96 bits per heavy atom. The molecule has 3 rings (SSSR count). The first-order valence-corrected chi connectivity index (χ1v) is 11.4. The number of aliphatic hydroxyl groups excluding tert-OH is 2. The lowest BCUT2D eigenvalue weighted by Gasteiger charge is -2.22. The van der Waals surface area contributed by atoms with Crippen molar-refractivity contribution in [1.82, 2.24) is 0 Å². The van der Waals surface area contributed by atoms with Gasteiger partial charge in [-0.15, -0.1) is 0 Å². The molecule has 152 valence electrons. The van der Waals surface area contributed by atoms with Crippen molar-refractivity contribution in [3.63, 3.8) is 0 Å². The molecule has 0 saturated heterocycles. The molecule has 6 nitrogen and oxygen atoms in total. The van der Waals surface area contributed by atoms with Crippen LogP contribution >= 0.6 is 34.2 Å². The van der Waals surface area contributed by atoms with Crippen molar-refractivity contribution in [2.45, 2.75) is 30.1 Å². The highest BCUT2D eigenvalue weighted by Crippen LogP contribution is 2.48. The van der Waals surface area contributed by atoms with Crippen LogP contribution in [0.4, 0.5) is 21.5 Å². The minimum atomic E-state index is -3.87. The number of aliphatic hydroxyl groups is 2. The first-order chi connectivity index (χ1) is 13.2. The van der Waals surface area contributed by atoms with Crippen molar-refractivity contribution in [2.75, 3.05) is 16.6 Å². The summed E-state index contributed by atoms with van der Waals surface area (Å²) in [5, 5.41) is 21.8. The number of hydrogen-bond acceptors (Lipinski definition) is 5. The van der Waals surface area contributed by atoms with Gasteiger partial charge in [0.25, 0.3) is 0 Å². The Morgan fingerprint density at radius 1 is 1.25 bits per heavy atom. The molecule has 2 aromatic rings. The lowest BCUT2D eigenvalue weighted by molar-refractivity contribution is 0.0858. The maximum absolute atomic E-state index is 14.2. The highest BCUT2D eigenvalue weighted by molar-refractivity contribution is 14.1. The SMILES string of the molecule is O=S(=O)(Nc1cccc(Cl)c1Nc1ccc(I)cc1F)C1(CC(O)CO)CC1. The fourth-order valence-corrected chi connectivity index (χ4v) is 5.33. The van der Waals surface area contributed by atoms with E-state index in [1.165, 1.54) is 12.1 Å². The Labute approximate surface area is 181 Å². The third kappa shape index (κ3) is 4.54. The second-order valence-corrected chi connectivity index (χ2v) is 10.5. The molecule has 0 bridgehead atoms. The van der Waals surface area contributed by atoms with Crippen LogP contribution in [0.1, 0.15) is 19.3 Å². The Balaban J connectivity index is 1.90. The van der Waals surface area contributed by atoms with Gasteiger partial charge in [0.05, 0.1) is 39.5 Å². The predicted octanol–water partition coefficient (Wildman–Crippen LogP) is 3.84. The predicted molar refractivity (Wildman–Crippen MR) is 116 cm³/mol. The van der Waals surface area contributed by atoms with Gasteiger partial charge in [-0.2, -0.15) is 0 Å². The van der Waals surface area contributed by atoms with E-state index in [1.54, 1.807) is 24.3 Å². The molecular weight excluding hydrogens is 522 g/mol. The molecule has 2 aromatic carbocycles. The van der Waals surface area contributed by atoms with Gasteiger partial charge in [0.2, 0.25) is 10.0 Å². The monoisotopic (exact) mass is 540 g/mol. The summed E-state index contributed by atoms with van der Waals surface area (Å²) in [4.78, 5) is 0. The fraction of sp³-hybridized carbons (Fsp3) is 0.333. The van der Waals surface area contributed by atoms with Crippen molar-refractivity contribution in [2.24, 2.45) is 0 Å². The van der Waals surface area contributed by atoms with E-state index in [2.05, 4.69) is 10.0 Å². The van der Waals surface area contributed by atoms with Gasteiger partial charge in [0, 0.05) is 3.57 Å². The third-order valence-corrected chi connectivity index (χ3v) is 7.83. The normalized spacial score (nSPS) is 16.5. The van der Waals surface area contributed by atoms with Crippen LogP contribution < -0.4 is 10.0 Å². The Kier molecular flexibility index (Phi) is 6.40. The lowest BCUT2D eigenvalue weighted by Crippen LogP contribution is -2.34. The molecule has 0 amide bonds. The number of para-hydroxylation sites is 1. The van der Waals surface area contributed by atoms with Crippen LogP contribution in [0.2, 0.25) is 5.02 Å². The van der Waals surface area contributed by atoms with Gasteiger partial charge in [0.1, 0.15) is 5.82 Å². The van der Waals surface area contributed by atoms with Crippen molar-refractivity contribution in [3.05, 3.63) is 50.8 Å². The molecule has 0 radical (unpaired) electrons. The van der Waals surface area contributed by atoms with E-state index in [1.807, 2.05) is 22.6 Å². The number of benzene rings is 2. The molecule has 1 aliphatic carbocycles. The van der Waals surface area contributed by atoms with E-state index < -0.39 is 33.3 Å². The summed E-state index contributed by atoms with van der Waals surface area (Å²) < 4.78 is 42.2. The van der Waals surface area contributed by atoms with Crippen LogP contribution in [0.15, 0.2) is 36.4 Å². The van der Waals surface area contributed by atoms with Crippen LogP contribution in [-0.2, 0) is 10.0 Å². The van der Waals surface area contributed by atoms with E-state index in [4.69, 9.17) is 16.7 Å². The molecular formula is C18H19ClFIN2O4S. The minimum Gasteiger partial charge on any atom is -0.394 e. The van der Waals surface area contributed by atoms with Gasteiger partial charge in [-0.3, -0.25) is 4.72 Å². The molecule has 1 atom stereocenters. The Hall–Kier alpha value is -1.14. The van der Waals surface area contributed by atoms with E-state index >= 15 is 0 Å². The maximum atomic E-state index is 14.2. The molecule has 28 heavy (non-hydrogen) atoms.